The Morgan fingerprint density at radius 1 is 1.00 bits per heavy atom. The van der Waals surface area contributed by atoms with Crippen LogP contribution in [0.15, 0.2) is 48.5 Å². The molecule has 0 amide bonds. The molecule has 0 unspecified atom stereocenters. The van der Waals surface area contributed by atoms with Crippen LogP contribution >= 0.6 is 11.6 Å². The Hall–Kier alpha value is -3.12. The molecule has 0 fully saturated rings. The molecule has 0 aliphatic heterocycles. The van der Waals surface area contributed by atoms with Crippen LogP contribution in [-0.4, -0.2) is 27.1 Å². The van der Waals surface area contributed by atoms with Gasteiger partial charge in [0.15, 0.2) is 5.65 Å². The van der Waals surface area contributed by atoms with E-state index in [2.05, 4.69) is 6.92 Å². The zero-order valence-electron chi connectivity index (χ0n) is 18.2. The smallest absolute Gasteiger partial charge is 0.344 e. The first-order chi connectivity index (χ1) is 15.6. The molecule has 2 aromatic carbocycles. The summed E-state index contributed by atoms with van der Waals surface area (Å²) < 4.78 is 7.39. The number of hydrogen-bond donors (Lipinski definition) is 1. The van der Waals surface area contributed by atoms with Crippen LogP contribution in [0.2, 0.25) is 5.02 Å². The molecule has 166 valence electrons. The van der Waals surface area contributed by atoms with Gasteiger partial charge in [-0.3, -0.25) is 0 Å². The number of para-hydroxylation sites is 2. The van der Waals surface area contributed by atoms with E-state index in [0.717, 1.165) is 30.3 Å². The second kappa shape index (κ2) is 10.0. The maximum absolute atomic E-state index is 13.0. The highest BCUT2D eigenvalue weighted by atomic mass is 35.5. The van der Waals surface area contributed by atoms with E-state index >= 15 is 0 Å². The van der Waals surface area contributed by atoms with Gasteiger partial charge in [0, 0.05) is 5.02 Å². The van der Waals surface area contributed by atoms with Crippen molar-refractivity contribution in [3.05, 3.63) is 64.7 Å². The quantitative estimate of drug-likeness (QED) is 0.250. The number of nitrogens with zero attached hydrogens (tertiary/aromatic N) is 3. The number of benzene rings is 2. The number of aromatic nitrogens is 3. The van der Waals surface area contributed by atoms with Crippen LogP contribution < -0.4 is 5.73 Å². The molecule has 0 aliphatic carbocycles. The van der Waals surface area contributed by atoms with Gasteiger partial charge in [0.2, 0.25) is 0 Å². The second-order valence-electron chi connectivity index (χ2n) is 7.91. The number of nitrogens with two attached hydrogens (primary N) is 1. The third kappa shape index (κ3) is 4.70. The molecule has 0 saturated heterocycles. The summed E-state index contributed by atoms with van der Waals surface area (Å²) in [4.78, 5) is 22.5. The maximum Gasteiger partial charge on any atom is 0.344 e. The highest BCUT2D eigenvalue weighted by Crippen LogP contribution is 2.29. The van der Waals surface area contributed by atoms with Gasteiger partial charge in [0.25, 0.3) is 0 Å². The molecule has 0 bridgehead atoms. The lowest BCUT2D eigenvalue weighted by atomic mass is 10.2. The lowest BCUT2D eigenvalue weighted by Crippen LogP contribution is -2.11. The summed E-state index contributed by atoms with van der Waals surface area (Å²) in [6.07, 6.45) is 5.40. The highest BCUT2D eigenvalue weighted by molar-refractivity contribution is 6.30. The molecular weight excluding hydrogens is 424 g/mol. The number of ether oxygens (including phenoxy) is 1. The molecule has 7 heteroatoms. The predicted molar refractivity (Wildman–Crippen MR) is 129 cm³/mol. The Balaban J connectivity index is 1.69. The van der Waals surface area contributed by atoms with E-state index in [0.29, 0.717) is 40.7 Å². The van der Waals surface area contributed by atoms with Crippen molar-refractivity contribution >= 4 is 45.6 Å². The number of carbonyl (C=O) groups is 1. The number of fused-ring (bicyclic) bond motifs is 2. The van der Waals surface area contributed by atoms with Crippen LogP contribution in [0.1, 0.15) is 54.9 Å². The van der Waals surface area contributed by atoms with Gasteiger partial charge in [-0.2, -0.15) is 0 Å². The van der Waals surface area contributed by atoms with Crippen molar-refractivity contribution in [3.8, 4) is 0 Å². The molecule has 4 aromatic rings. The summed E-state index contributed by atoms with van der Waals surface area (Å²) in [5.41, 5.74) is 10.2. The van der Waals surface area contributed by atoms with E-state index in [4.69, 9.17) is 32.0 Å². The average Bonchev–Trinajstić information content (AvgIpc) is 3.06. The average molecular weight is 451 g/mol. The summed E-state index contributed by atoms with van der Waals surface area (Å²) in [6.45, 7) is 2.98. The molecular formula is C25H27ClN4O2. The number of unbranched alkanes of at least 4 members (excludes halogenated alkanes) is 4. The zero-order valence-corrected chi connectivity index (χ0v) is 18.9. The number of rotatable bonds is 9. The molecule has 0 aliphatic rings. The third-order valence-electron chi connectivity index (χ3n) is 5.53. The van der Waals surface area contributed by atoms with Gasteiger partial charge in [-0.1, -0.05) is 68.5 Å². The fourth-order valence-corrected chi connectivity index (χ4v) is 3.92. The summed E-state index contributed by atoms with van der Waals surface area (Å²) >= 11 is 6.03. The lowest BCUT2D eigenvalue weighted by Gasteiger charge is -2.08. The Morgan fingerprint density at radius 3 is 2.41 bits per heavy atom. The van der Waals surface area contributed by atoms with E-state index in [-0.39, 0.29) is 5.56 Å². The molecule has 0 saturated carbocycles. The standard InChI is InChI=1S/C25H27ClN4O2/c1-2-3-4-5-8-15-32-25(31)21-22-24(29-20-10-7-6-9-19(20)28-22)30(23(21)27)16-17-11-13-18(26)14-12-17/h6-7,9-14H,2-5,8,15-16,27H2,1H3. The molecule has 2 N–H and O–H groups in total. The van der Waals surface area contributed by atoms with Gasteiger partial charge < -0.3 is 15.0 Å². The van der Waals surface area contributed by atoms with Crippen molar-refractivity contribution < 1.29 is 9.53 Å². The molecule has 0 atom stereocenters. The van der Waals surface area contributed by atoms with Crippen LogP contribution in [0.25, 0.3) is 22.2 Å². The van der Waals surface area contributed by atoms with Gasteiger partial charge >= 0.3 is 5.97 Å². The van der Waals surface area contributed by atoms with Crippen molar-refractivity contribution in [1.29, 1.82) is 0 Å². The molecule has 4 rings (SSSR count). The maximum atomic E-state index is 13.0. The first-order valence-corrected chi connectivity index (χ1v) is 11.4. The number of halogens is 1. The van der Waals surface area contributed by atoms with Crippen molar-refractivity contribution in [2.75, 3.05) is 12.3 Å². The number of carbonyl (C=O) groups excluding carboxylic acids is 1. The number of anilines is 1. The molecule has 32 heavy (non-hydrogen) atoms. The number of hydrogen-bond acceptors (Lipinski definition) is 5. The third-order valence-corrected chi connectivity index (χ3v) is 5.78. The minimum absolute atomic E-state index is 0.278. The van der Waals surface area contributed by atoms with E-state index in [9.17, 15) is 4.79 Å². The van der Waals surface area contributed by atoms with Crippen LogP contribution in [0, 0.1) is 0 Å². The normalized spacial score (nSPS) is 11.3. The Bertz CT molecular complexity index is 1230. The van der Waals surface area contributed by atoms with Crippen LogP contribution in [-0.2, 0) is 11.3 Å². The summed E-state index contributed by atoms with van der Waals surface area (Å²) in [5.74, 6) is -0.149. The first kappa shape index (κ1) is 22.1. The second-order valence-corrected chi connectivity index (χ2v) is 8.34. The van der Waals surface area contributed by atoms with E-state index in [1.165, 1.54) is 12.8 Å². The lowest BCUT2D eigenvalue weighted by molar-refractivity contribution is 0.0501. The predicted octanol–water partition coefficient (Wildman–Crippen LogP) is 6.00. The Kier molecular flexibility index (Phi) is 6.90. The summed E-state index contributed by atoms with van der Waals surface area (Å²) in [7, 11) is 0. The van der Waals surface area contributed by atoms with Crippen molar-refractivity contribution in [2.45, 2.75) is 45.6 Å². The van der Waals surface area contributed by atoms with E-state index in [1.807, 2.05) is 53.1 Å². The topological polar surface area (TPSA) is 83.0 Å². The summed E-state index contributed by atoms with van der Waals surface area (Å²) in [5, 5.41) is 0.660. The van der Waals surface area contributed by atoms with Gasteiger partial charge in [-0.25, -0.2) is 14.8 Å². The van der Waals surface area contributed by atoms with Crippen LogP contribution in [0.4, 0.5) is 5.82 Å². The molecule has 2 heterocycles. The van der Waals surface area contributed by atoms with Crippen molar-refractivity contribution in [1.82, 2.24) is 14.5 Å². The Morgan fingerprint density at radius 2 is 1.69 bits per heavy atom. The van der Waals surface area contributed by atoms with Crippen LogP contribution in [0.5, 0.6) is 0 Å². The first-order valence-electron chi connectivity index (χ1n) is 11.0. The van der Waals surface area contributed by atoms with Gasteiger partial charge in [0.1, 0.15) is 16.9 Å². The summed E-state index contributed by atoms with van der Waals surface area (Å²) in [6, 6.07) is 15.1. The van der Waals surface area contributed by atoms with Crippen LogP contribution in [0.3, 0.4) is 0 Å². The minimum atomic E-state index is -0.456. The number of nitrogen functional groups attached to an aromatic ring is 1. The molecule has 6 nitrogen and oxygen atoms in total. The zero-order chi connectivity index (χ0) is 22.5. The monoisotopic (exact) mass is 450 g/mol. The van der Waals surface area contributed by atoms with Gasteiger partial charge in [-0.05, 0) is 36.2 Å². The SMILES string of the molecule is CCCCCCCOC(=O)c1c(N)n(Cc2ccc(Cl)cc2)c2nc3ccccc3nc12. The van der Waals surface area contributed by atoms with Crippen molar-refractivity contribution in [2.24, 2.45) is 0 Å². The molecule has 2 aromatic heterocycles. The van der Waals surface area contributed by atoms with Gasteiger partial charge in [0.05, 0.1) is 24.2 Å². The fraction of sp³-hybridized carbons (Fsp3) is 0.320. The largest absolute Gasteiger partial charge is 0.462 e. The molecule has 0 radical (unpaired) electrons. The number of esters is 1. The minimum Gasteiger partial charge on any atom is -0.462 e. The van der Waals surface area contributed by atoms with E-state index < -0.39 is 5.97 Å². The highest BCUT2D eigenvalue weighted by Gasteiger charge is 2.25. The molecule has 0 spiro atoms. The Labute approximate surface area is 192 Å². The fourth-order valence-electron chi connectivity index (χ4n) is 3.79. The van der Waals surface area contributed by atoms with Crippen molar-refractivity contribution in [3.63, 3.8) is 0 Å². The van der Waals surface area contributed by atoms with Gasteiger partial charge in [-0.15, -0.1) is 0 Å². The van der Waals surface area contributed by atoms with E-state index in [1.54, 1.807) is 0 Å².